The van der Waals surface area contributed by atoms with E-state index in [1.165, 1.54) is 11.1 Å². The first-order valence-electron chi connectivity index (χ1n) is 9.69. The molecular weight excluding hydrogens is 405 g/mol. The summed E-state index contributed by atoms with van der Waals surface area (Å²) < 4.78 is 61.5. The summed E-state index contributed by atoms with van der Waals surface area (Å²) in [5, 5.41) is 6.38. The molecule has 2 rings (SSSR count). The quantitative estimate of drug-likeness (QED) is 0.533. The SMILES string of the molecule is CCNC(=NCc1ccc(C)cc1C)NCC1CCN(S(=O)(=O)C(F)(F)F)CC1. The molecule has 1 aliphatic rings. The fraction of sp³-hybridized carbons (Fsp3) is 0.632. The normalized spacial score (nSPS) is 17.4. The number of hydrogen-bond acceptors (Lipinski definition) is 3. The van der Waals surface area contributed by atoms with Gasteiger partial charge in [-0.25, -0.2) is 13.4 Å². The van der Waals surface area contributed by atoms with Gasteiger partial charge in [0.1, 0.15) is 0 Å². The third-order valence-electron chi connectivity index (χ3n) is 5.01. The summed E-state index contributed by atoms with van der Waals surface area (Å²) >= 11 is 0. The number of benzene rings is 1. The molecular formula is C19H29F3N4O2S. The fourth-order valence-electron chi connectivity index (χ4n) is 3.27. The molecule has 1 heterocycles. The van der Waals surface area contributed by atoms with Crippen LogP contribution in [0.4, 0.5) is 13.2 Å². The number of aliphatic imine (C=N–C) groups is 1. The van der Waals surface area contributed by atoms with Gasteiger partial charge in [-0.3, -0.25) is 0 Å². The minimum absolute atomic E-state index is 0.0830. The molecule has 0 unspecified atom stereocenters. The fourth-order valence-corrected chi connectivity index (χ4v) is 4.25. The van der Waals surface area contributed by atoms with Gasteiger partial charge >= 0.3 is 15.5 Å². The lowest BCUT2D eigenvalue weighted by Gasteiger charge is -2.31. The zero-order valence-corrected chi connectivity index (χ0v) is 17.8. The number of hydrogen-bond donors (Lipinski definition) is 2. The summed E-state index contributed by atoms with van der Waals surface area (Å²) in [6.07, 6.45) is 0.748. The second-order valence-corrected chi connectivity index (χ2v) is 9.23. The van der Waals surface area contributed by atoms with Crippen molar-refractivity contribution in [3.63, 3.8) is 0 Å². The molecule has 1 aliphatic heterocycles. The van der Waals surface area contributed by atoms with E-state index in [2.05, 4.69) is 27.8 Å². The van der Waals surface area contributed by atoms with E-state index >= 15 is 0 Å². The van der Waals surface area contributed by atoms with Gasteiger partial charge in [0.2, 0.25) is 0 Å². The van der Waals surface area contributed by atoms with Crippen LogP contribution in [0.5, 0.6) is 0 Å². The van der Waals surface area contributed by atoms with Crippen molar-refractivity contribution < 1.29 is 21.6 Å². The minimum Gasteiger partial charge on any atom is -0.357 e. The van der Waals surface area contributed by atoms with Crippen molar-refractivity contribution in [2.24, 2.45) is 10.9 Å². The van der Waals surface area contributed by atoms with Crippen LogP contribution in [0.2, 0.25) is 0 Å². The summed E-state index contributed by atoms with van der Waals surface area (Å²) in [5.41, 5.74) is -1.75. The average molecular weight is 435 g/mol. The third-order valence-corrected chi connectivity index (χ3v) is 6.64. The number of nitrogens with one attached hydrogen (secondary N) is 2. The van der Waals surface area contributed by atoms with E-state index in [4.69, 9.17) is 0 Å². The van der Waals surface area contributed by atoms with Crippen molar-refractivity contribution in [2.45, 2.75) is 45.7 Å². The Morgan fingerprint density at radius 1 is 1.21 bits per heavy atom. The second-order valence-electron chi connectivity index (χ2n) is 7.30. The van der Waals surface area contributed by atoms with Gasteiger partial charge < -0.3 is 10.6 Å². The Hall–Kier alpha value is -1.81. The predicted molar refractivity (Wildman–Crippen MR) is 108 cm³/mol. The molecule has 164 valence electrons. The van der Waals surface area contributed by atoms with Crippen LogP contribution in [0, 0.1) is 19.8 Å². The Kier molecular flexibility index (Phi) is 7.93. The van der Waals surface area contributed by atoms with Crippen molar-refractivity contribution in [3.8, 4) is 0 Å². The Labute approximate surface area is 170 Å². The molecule has 1 aromatic rings. The van der Waals surface area contributed by atoms with Crippen molar-refractivity contribution in [1.82, 2.24) is 14.9 Å². The molecule has 0 radical (unpaired) electrons. The van der Waals surface area contributed by atoms with Crippen LogP contribution in [0.15, 0.2) is 23.2 Å². The molecule has 10 heteroatoms. The van der Waals surface area contributed by atoms with E-state index in [-0.39, 0.29) is 19.0 Å². The highest BCUT2D eigenvalue weighted by molar-refractivity contribution is 7.90. The Balaban J connectivity index is 1.90. The lowest BCUT2D eigenvalue weighted by Crippen LogP contribution is -2.47. The van der Waals surface area contributed by atoms with Gasteiger partial charge in [-0.2, -0.15) is 17.5 Å². The topological polar surface area (TPSA) is 73.8 Å². The average Bonchev–Trinajstić information content (AvgIpc) is 2.64. The summed E-state index contributed by atoms with van der Waals surface area (Å²) in [7, 11) is -5.23. The summed E-state index contributed by atoms with van der Waals surface area (Å²) in [6, 6.07) is 6.20. The van der Waals surface area contributed by atoms with E-state index in [1.54, 1.807) is 0 Å². The van der Waals surface area contributed by atoms with Gasteiger partial charge in [-0.1, -0.05) is 23.8 Å². The molecule has 0 atom stereocenters. The Morgan fingerprint density at radius 2 is 1.86 bits per heavy atom. The number of sulfonamides is 1. The summed E-state index contributed by atoms with van der Waals surface area (Å²) in [4.78, 5) is 4.58. The zero-order chi connectivity index (χ0) is 21.7. The molecule has 6 nitrogen and oxygen atoms in total. The Bertz CT molecular complexity index is 817. The van der Waals surface area contributed by atoms with Crippen LogP contribution in [0.1, 0.15) is 36.5 Å². The second kappa shape index (κ2) is 9.80. The van der Waals surface area contributed by atoms with Gasteiger partial charge in [-0.05, 0) is 50.7 Å². The zero-order valence-electron chi connectivity index (χ0n) is 17.0. The molecule has 0 saturated carbocycles. The van der Waals surface area contributed by atoms with Crippen molar-refractivity contribution in [1.29, 1.82) is 0 Å². The molecule has 1 aromatic carbocycles. The number of guanidine groups is 1. The number of halogens is 3. The van der Waals surface area contributed by atoms with Gasteiger partial charge in [0.05, 0.1) is 6.54 Å². The van der Waals surface area contributed by atoms with Gasteiger partial charge in [-0.15, -0.1) is 0 Å². The molecule has 29 heavy (non-hydrogen) atoms. The van der Waals surface area contributed by atoms with E-state index < -0.39 is 15.5 Å². The molecule has 0 bridgehead atoms. The standard InChI is InChI=1S/C19H29F3N4O2S/c1-4-23-18(25-13-17-6-5-14(2)11-15(17)3)24-12-16-7-9-26(10-8-16)29(27,28)19(20,21)22/h5-6,11,16H,4,7-10,12-13H2,1-3H3,(H2,23,24,25). The molecule has 0 amide bonds. The molecule has 1 fully saturated rings. The van der Waals surface area contributed by atoms with Gasteiger partial charge in [0, 0.05) is 26.2 Å². The first-order chi connectivity index (χ1) is 13.5. The Morgan fingerprint density at radius 3 is 2.41 bits per heavy atom. The maximum Gasteiger partial charge on any atom is 0.511 e. The molecule has 0 aromatic heterocycles. The van der Waals surface area contributed by atoms with Crippen LogP contribution >= 0.6 is 0 Å². The first-order valence-corrected chi connectivity index (χ1v) is 11.1. The van der Waals surface area contributed by atoms with E-state index in [0.717, 1.165) is 5.56 Å². The van der Waals surface area contributed by atoms with E-state index in [0.29, 0.717) is 42.7 Å². The molecule has 0 spiro atoms. The molecule has 1 saturated heterocycles. The largest absolute Gasteiger partial charge is 0.511 e. The highest BCUT2D eigenvalue weighted by Crippen LogP contribution is 2.30. The molecule has 0 aliphatic carbocycles. The van der Waals surface area contributed by atoms with Gasteiger partial charge in [0.25, 0.3) is 0 Å². The number of piperidine rings is 1. The van der Waals surface area contributed by atoms with Crippen LogP contribution in [-0.2, 0) is 16.6 Å². The van der Waals surface area contributed by atoms with Crippen LogP contribution in [0.3, 0.4) is 0 Å². The summed E-state index contributed by atoms with van der Waals surface area (Å²) in [6.45, 7) is 7.52. The van der Waals surface area contributed by atoms with Crippen molar-refractivity contribution in [2.75, 3.05) is 26.2 Å². The number of aryl methyl sites for hydroxylation is 2. The predicted octanol–water partition coefficient (Wildman–Crippen LogP) is 2.92. The summed E-state index contributed by atoms with van der Waals surface area (Å²) in [5.74, 6) is 0.720. The highest BCUT2D eigenvalue weighted by Gasteiger charge is 2.50. The lowest BCUT2D eigenvalue weighted by atomic mass is 9.98. The van der Waals surface area contributed by atoms with Crippen molar-refractivity contribution in [3.05, 3.63) is 34.9 Å². The third kappa shape index (κ3) is 6.33. The van der Waals surface area contributed by atoms with E-state index in [9.17, 15) is 21.6 Å². The molecule has 2 N–H and O–H groups in total. The number of rotatable bonds is 6. The van der Waals surface area contributed by atoms with E-state index in [1.807, 2.05) is 26.8 Å². The van der Waals surface area contributed by atoms with Gasteiger partial charge in [0.15, 0.2) is 5.96 Å². The maximum absolute atomic E-state index is 12.7. The minimum atomic E-state index is -5.24. The monoisotopic (exact) mass is 434 g/mol. The first kappa shape index (κ1) is 23.5. The number of nitrogens with zero attached hydrogens (tertiary/aromatic N) is 2. The maximum atomic E-state index is 12.7. The van der Waals surface area contributed by atoms with Crippen molar-refractivity contribution >= 4 is 16.0 Å². The van der Waals surface area contributed by atoms with Crippen LogP contribution in [-0.4, -0.2) is 50.4 Å². The number of alkyl halides is 3. The highest BCUT2D eigenvalue weighted by atomic mass is 32.2. The smallest absolute Gasteiger partial charge is 0.357 e. The lowest BCUT2D eigenvalue weighted by molar-refractivity contribution is -0.0496. The van der Waals surface area contributed by atoms with Crippen LogP contribution in [0.25, 0.3) is 0 Å². The van der Waals surface area contributed by atoms with Crippen LogP contribution < -0.4 is 10.6 Å².